The Labute approximate surface area is 130 Å². The molecule has 0 saturated carbocycles. The zero-order valence-electron chi connectivity index (χ0n) is 12.4. The highest BCUT2D eigenvalue weighted by Crippen LogP contribution is 2.21. The Bertz CT molecular complexity index is 660. The minimum Gasteiger partial charge on any atom is -0.423 e. The van der Waals surface area contributed by atoms with Gasteiger partial charge in [-0.1, -0.05) is 12.1 Å². The number of piperazine rings is 1. The van der Waals surface area contributed by atoms with Gasteiger partial charge in [0.05, 0.1) is 6.61 Å². The van der Waals surface area contributed by atoms with E-state index in [4.69, 9.17) is 4.65 Å². The van der Waals surface area contributed by atoms with Crippen LogP contribution < -0.4 is 15.3 Å². The Balaban J connectivity index is 1.47. The van der Waals surface area contributed by atoms with Gasteiger partial charge < -0.3 is 19.5 Å². The van der Waals surface area contributed by atoms with Gasteiger partial charge in [0.15, 0.2) is 0 Å². The molecular formula is C16H18BN3O2. The summed E-state index contributed by atoms with van der Waals surface area (Å²) in [4.78, 5) is 9.07. The fraction of sp³-hybridized carbons (Fsp3) is 0.312. The topological polar surface area (TPSA) is 48.8 Å². The fourth-order valence-corrected chi connectivity index (χ4v) is 3.13. The van der Waals surface area contributed by atoms with Gasteiger partial charge in [-0.3, -0.25) is 0 Å². The number of aromatic nitrogens is 1. The van der Waals surface area contributed by atoms with E-state index in [1.807, 2.05) is 18.3 Å². The van der Waals surface area contributed by atoms with Gasteiger partial charge in [-0.25, -0.2) is 4.98 Å². The molecule has 3 heterocycles. The van der Waals surface area contributed by atoms with E-state index in [0.717, 1.165) is 48.7 Å². The average Bonchev–Trinajstić information content (AvgIpc) is 2.96. The number of fused-ring (bicyclic) bond motifs is 1. The number of hydrogen-bond donors (Lipinski definition) is 1. The summed E-state index contributed by atoms with van der Waals surface area (Å²) in [6, 6.07) is 12.3. The summed E-state index contributed by atoms with van der Waals surface area (Å²) in [5.41, 5.74) is 3.15. The molecule has 5 nitrogen and oxygen atoms in total. The summed E-state index contributed by atoms with van der Waals surface area (Å²) in [5.74, 6) is 1.04. The van der Waals surface area contributed by atoms with Crippen LogP contribution in [0.3, 0.4) is 0 Å². The van der Waals surface area contributed by atoms with Crippen LogP contribution in [0.5, 0.6) is 0 Å². The average molecular weight is 295 g/mol. The van der Waals surface area contributed by atoms with Crippen LogP contribution in [0, 0.1) is 0 Å². The Morgan fingerprint density at radius 1 is 1.05 bits per heavy atom. The molecule has 2 aliphatic rings. The van der Waals surface area contributed by atoms with E-state index < -0.39 is 7.12 Å². The molecule has 112 valence electrons. The van der Waals surface area contributed by atoms with Gasteiger partial charge in [0, 0.05) is 38.1 Å². The molecule has 2 aromatic rings. The van der Waals surface area contributed by atoms with Crippen molar-refractivity contribution in [1.82, 2.24) is 4.98 Å². The normalized spacial score (nSPS) is 17.8. The highest BCUT2D eigenvalue weighted by molar-refractivity contribution is 6.61. The van der Waals surface area contributed by atoms with E-state index in [9.17, 15) is 5.02 Å². The van der Waals surface area contributed by atoms with Gasteiger partial charge in [-0.15, -0.1) is 0 Å². The first-order valence-corrected chi connectivity index (χ1v) is 7.65. The highest BCUT2D eigenvalue weighted by atomic mass is 16.5. The summed E-state index contributed by atoms with van der Waals surface area (Å²) >= 11 is 0. The lowest BCUT2D eigenvalue weighted by Crippen LogP contribution is -2.47. The highest BCUT2D eigenvalue weighted by Gasteiger charge is 2.28. The summed E-state index contributed by atoms with van der Waals surface area (Å²) in [5, 5.41) is 9.84. The predicted octanol–water partition coefficient (Wildman–Crippen LogP) is 0.626. The molecule has 0 amide bonds. The lowest BCUT2D eigenvalue weighted by Gasteiger charge is -2.36. The van der Waals surface area contributed by atoms with Crippen molar-refractivity contribution in [2.24, 2.45) is 0 Å². The molecule has 0 aliphatic carbocycles. The lowest BCUT2D eigenvalue weighted by molar-refractivity contribution is 0.275. The first-order valence-electron chi connectivity index (χ1n) is 7.65. The fourth-order valence-electron chi connectivity index (χ4n) is 3.13. The zero-order valence-corrected chi connectivity index (χ0v) is 12.4. The van der Waals surface area contributed by atoms with Crippen LogP contribution in [0.15, 0.2) is 42.6 Å². The van der Waals surface area contributed by atoms with Crippen molar-refractivity contribution in [2.45, 2.75) is 6.61 Å². The smallest absolute Gasteiger partial charge is 0.423 e. The predicted molar refractivity (Wildman–Crippen MR) is 87.5 cm³/mol. The van der Waals surface area contributed by atoms with Crippen LogP contribution in [-0.4, -0.2) is 43.3 Å². The Morgan fingerprint density at radius 3 is 2.64 bits per heavy atom. The maximum absolute atomic E-state index is 9.84. The molecule has 0 atom stereocenters. The molecule has 1 N–H and O–H groups in total. The Morgan fingerprint density at radius 2 is 1.86 bits per heavy atom. The third kappa shape index (κ3) is 2.44. The molecule has 0 radical (unpaired) electrons. The first kappa shape index (κ1) is 13.6. The minimum absolute atomic E-state index is 0.504. The van der Waals surface area contributed by atoms with E-state index in [1.165, 1.54) is 0 Å². The number of rotatable bonds is 2. The van der Waals surface area contributed by atoms with E-state index >= 15 is 0 Å². The van der Waals surface area contributed by atoms with E-state index in [0.29, 0.717) is 6.61 Å². The molecular weight excluding hydrogens is 277 g/mol. The molecule has 22 heavy (non-hydrogen) atoms. The van der Waals surface area contributed by atoms with Gasteiger partial charge in [0.2, 0.25) is 0 Å². The van der Waals surface area contributed by atoms with Crippen molar-refractivity contribution in [3.05, 3.63) is 48.2 Å². The standard InChI is InChI=1S/C16H18BN3O2/c21-17-15-11-14(5-4-13(15)12-22-17)19-7-9-20(10-8-19)16-3-1-2-6-18-16/h1-6,11,21H,7-10,12H2. The minimum atomic E-state index is -0.773. The third-order valence-corrected chi connectivity index (χ3v) is 4.41. The molecule has 1 fully saturated rings. The van der Waals surface area contributed by atoms with Crippen molar-refractivity contribution in [3.8, 4) is 0 Å². The van der Waals surface area contributed by atoms with E-state index in [2.05, 4.69) is 39.0 Å². The van der Waals surface area contributed by atoms with E-state index in [1.54, 1.807) is 0 Å². The van der Waals surface area contributed by atoms with Crippen LogP contribution >= 0.6 is 0 Å². The van der Waals surface area contributed by atoms with Crippen molar-refractivity contribution in [2.75, 3.05) is 36.0 Å². The van der Waals surface area contributed by atoms with E-state index in [-0.39, 0.29) is 0 Å². The lowest BCUT2D eigenvalue weighted by atomic mass is 9.79. The second kappa shape index (κ2) is 5.63. The largest absolute Gasteiger partial charge is 0.491 e. The monoisotopic (exact) mass is 295 g/mol. The van der Waals surface area contributed by atoms with Gasteiger partial charge >= 0.3 is 7.12 Å². The number of nitrogens with zero attached hydrogens (tertiary/aromatic N) is 3. The zero-order chi connectivity index (χ0) is 14.9. The maximum atomic E-state index is 9.84. The number of anilines is 2. The Hall–Kier alpha value is -2.05. The van der Waals surface area contributed by atoms with Crippen LogP contribution in [-0.2, 0) is 11.3 Å². The summed E-state index contributed by atoms with van der Waals surface area (Å²) in [6.45, 7) is 4.31. The molecule has 0 unspecified atom stereocenters. The summed E-state index contributed by atoms with van der Waals surface area (Å²) in [7, 11) is -0.773. The first-order chi connectivity index (χ1) is 10.8. The maximum Gasteiger partial charge on any atom is 0.491 e. The van der Waals surface area contributed by atoms with Crippen LogP contribution in [0.2, 0.25) is 0 Å². The van der Waals surface area contributed by atoms with Crippen molar-refractivity contribution in [1.29, 1.82) is 0 Å². The molecule has 0 bridgehead atoms. The Kier molecular flexibility index (Phi) is 3.48. The molecule has 6 heteroatoms. The SMILES string of the molecule is OB1OCc2ccc(N3CCN(c4ccccn4)CC3)cc21. The number of benzene rings is 1. The van der Waals surface area contributed by atoms with Gasteiger partial charge in [0.1, 0.15) is 5.82 Å². The van der Waals surface area contributed by atoms with Crippen LogP contribution in [0.1, 0.15) is 5.56 Å². The van der Waals surface area contributed by atoms with Gasteiger partial charge in [-0.05, 0) is 35.3 Å². The third-order valence-electron chi connectivity index (χ3n) is 4.41. The van der Waals surface area contributed by atoms with Crippen molar-refractivity contribution >= 4 is 24.1 Å². The summed E-state index contributed by atoms with van der Waals surface area (Å²) in [6.07, 6.45) is 1.84. The molecule has 1 saturated heterocycles. The summed E-state index contributed by atoms with van der Waals surface area (Å²) < 4.78 is 5.26. The molecule has 0 spiro atoms. The second-order valence-electron chi connectivity index (χ2n) is 5.71. The molecule has 1 aromatic heterocycles. The molecule has 2 aliphatic heterocycles. The van der Waals surface area contributed by atoms with Gasteiger partial charge in [0.25, 0.3) is 0 Å². The number of hydrogen-bond acceptors (Lipinski definition) is 5. The van der Waals surface area contributed by atoms with Crippen molar-refractivity contribution < 1.29 is 9.68 Å². The quantitative estimate of drug-likeness (QED) is 0.823. The second-order valence-corrected chi connectivity index (χ2v) is 5.71. The van der Waals surface area contributed by atoms with Crippen LogP contribution in [0.4, 0.5) is 11.5 Å². The molecule has 1 aromatic carbocycles. The molecule has 4 rings (SSSR count). The number of pyridine rings is 1. The van der Waals surface area contributed by atoms with Crippen molar-refractivity contribution in [3.63, 3.8) is 0 Å². The van der Waals surface area contributed by atoms with Crippen LogP contribution in [0.25, 0.3) is 0 Å². The van der Waals surface area contributed by atoms with Gasteiger partial charge in [-0.2, -0.15) is 0 Å².